The fourth-order valence-electron chi connectivity index (χ4n) is 9.34. The Hall–Kier alpha value is -8.19. The maximum absolute atomic E-state index is 9.37. The van der Waals surface area contributed by atoms with Gasteiger partial charge in [-0.3, -0.25) is 0 Å². The molecule has 276 valence electrons. The largest absolute Gasteiger partial charge is 0.228 e. The maximum atomic E-state index is 9.37. The van der Waals surface area contributed by atoms with E-state index in [9.17, 15) is 5.26 Å². The summed E-state index contributed by atoms with van der Waals surface area (Å²) in [6, 6.07) is 73.6. The second-order valence-corrected chi connectivity index (χ2v) is 15.6. The van der Waals surface area contributed by atoms with Crippen LogP contribution in [0.3, 0.4) is 0 Å². The minimum Gasteiger partial charge on any atom is -0.228 e. The molecule has 0 aliphatic rings. The molecule has 1 heterocycles. The summed E-state index contributed by atoms with van der Waals surface area (Å²) in [7, 11) is 0. The van der Waals surface area contributed by atoms with E-state index < -0.39 is 0 Å². The lowest BCUT2D eigenvalue weighted by Crippen LogP contribution is -1.96. The molecular weight excluding hydrogens is 727 g/mol. The molecule has 0 bridgehead atoms. The van der Waals surface area contributed by atoms with Gasteiger partial charge in [0, 0.05) is 16.7 Å². The van der Waals surface area contributed by atoms with Crippen molar-refractivity contribution in [3.05, 3.63) is 206 Å². The van der Waals surface area contributed by atoms with Crippen molar-refractivity contribution >= 4 is 64.6 Å². The van der Waals surface area contributed by atoms with Gasteiger partial charge in [-0.05, 0) is 123 Å². The molecule has 0 aliphatic heterocycles. The van der Waals surface area contributed by atoms with Gasteiger partial charge in [0.05, 0.1) is 23.0 Å². The van der Waals surface area contributed by atoms with Crippen LogP contribution in [0.4, 0.5) is 0 Å². The van der Waals surface area contributed by atoms with Gasteiger partial charge in [-0.25, -0.2) is 9.97 Å². The number of hydrogen-bond donors (Lipinski definition) is 0. The van der Waals surface area contributed by atoms with E-state index in [0.29, 0.717) is 11.4 Å². The third-order valence-electron chi connectivity index (χ3n) is 12.2. The minimum atomic E-state index is 0.617. The number of rotatable bonds is 5. The molecule has 0 spiro atoms. The van der Waals surface area contributed by atoms with Crippen molar-refractivity contribution in [3.8, 4) is 62.2 Å². The highest BCUT2D eigenvalue weighted by atomic mass is 14.9. The van der Waals surface area contributed by atoms with Gasteiger partial charge in [-0.1, -0.05) is 164 Å². The Bertz CT molecular complexity index is 3690. The van der Waals surface area contributed by atoms with E-state index in [4.69, 9.17) is 9.97 Å². The Labute approximate surface area is 346 Å². The molecule has 0 radical (unpaired) electrons. The third-order valence-corrected chi connectivity index (χ3v) is 12.2. The predicted molar refractivity (Wildman–Crippen MR) is 250 cm³/mol. The lowest BCUT2D eigenvalue weighted by Gasteiger charge is -2.17. The third kappa shape index (κ3) is 5.43. The smallest absolute Gasteiger partial charge is 0.160 e. The molecule has 0 fully saturated rings. The summed E-state index contributed by atoms with van der Waals surface area (Å²) in [5, 5.41) is 24.8. The van der Waals surface area contributed by atoms with E-state index in [1.807, 2.05) is 60.7 Å². The Morgan fingerprint density at radius 3 is 1.35 bits per heavy atom. The Kier molecular flexibility index (Phi) is 7.60. The molecule has 11 aromatic carbocycles. The van der Waals surface area contributed by atoms with Gasteiger partial charge in [-0.2, -0.15) is 5.26 Å². The molecule has 1 aromatic heterocycles. The van der Waals surface area contributed by atoms with Gasteiger partial charge in [0.2, 0.25) is 0 Å². The molecule has 0 unspecified atom stereocenters. The highest BCUT2D eigenvalue weighted by molar-refractivity contribution is 6.37. The van der Waals surface area contributed by atoms with Crippen molar-refractivity contribution in [2.75, 3.05) is 0 Å². The van der Waals surface area contributed by atoms with Crippen LogP contribution in [0, 0.1) is 11.3 Å². The molecule has 0 N–H and O–H groups in total. The zero-order valence-corrected chi connectivity index (χ0v) is 32.4. The van der Waals surface area contributed by atoms with Gasteiger partial charge in [0.1, 0.15) is 0 Å². The van der Waals surface area contributed by atoms with Gasteiger partial charge in [-0.15, -0.1) is 0 Å². The summed E-state index contributed by atoms with van der Waals surface area (Å²) in [6.45, 7) is 0. The zero-order chi connectivity index (χ0) is 39.7. The monoisotopic (exact) mass is 759 g/mol. The van der Waals surface area contributed by atoms with E-state index >= 15 is 0 Å². The van der Waals surface area contributed by atoms with Crippen LogP contribution >= 0.6 is 0 Å². The summed E-state index contributed by atoms with van der Waals surface area (Å²) in [5.74, 6) is 0.659. The Balaban J connectivity index is 0.994. The van der Waals surface area contributed by atoms with Crippen molar-refractivity contribution in [1.29, 1.82) is 5.26 Å². The first-order valence-corrected chi connectivity index (χ1v) is 20.3. The molecular formula is C57H33N3. The van der Waals surface area contributed by atoms with Gasteiger partial charge < -0.3 is 0 Å². The van der Waals surface area contributed by atoms with E-state index in [1.54, 1.807) is 0 Å². The van der Waals surface area contributed by atoms with E-state index in [-0.39, 0.29) is 0 Å². The van der Waals surface area contributed by atoms with Crippen LogP contribution in [-0.4, -0.2) is 9.97 Å². The van der Waals surface area contributed by atoms with Crippen LogP contribution in [0.15, 0.2) is 200 Å². The second-order valence-electron chi connectivity index (χ2n) is 15.6. The maximum Gasteiger partial charge on any atom is 0.160 e. The summed E-state index contributed by atoms with van der Waals surface area (Å²) in [6.07, 6.45) is 0. The van der Waals surface area contributed by atoms with Gasteiger partial charge in [0.15, 0.2) is 5.82 Å². The van der Waals surface area contributed by atoms with Crippen LogP contribution in [0.5, 0.6) is 0 Å². The molecule has 0 atom stereocenters. The number of nitriles is 1. The summed E-state index contributed by atoms with van der Waals surface area (Å²) >= 11 is 0. The first kappa shape index (κ1) is 33.9. The average molecular weight is 760 g/mol. The van der Waals surface area contributed by atoms with Gasteiger partial charge in [0.25, 0.3) is 0 Å². The van der Waals surface area contributed by atoms with Crippen LogP contribution in [0.25, 0.3) is 121 Å². The van der Waals surface area contributed by atoms with Crippen LogP contribution in [0.1, 0.15) is 5.56 Å². The predicted octanol–water partition coefficient (Wildman–Crippen LogP) is 15.0. The first-order valence-electron chi connectivity index (χ1n) is 20.3. The van der Waals surface area contributed by atoms with E-state index in [2.05, 4.69) is 146 Å². The topological polar surface area (TPSA) is 49.6 Å². The lowest BCUT2D eigenvalue weighted by molar-refractivity contribution is 1.18. The van der Waals surface area contributed by atoms with Crippen LogP contribution in [-0.2, 0) is 0 Å². The first-order chi connectivity index (χ1) is 29.7. The highest BCUT2D eigenvalue weighted by Crippen LogP contribution is 2.44. The summed E-state index contributed by atoms with van der Waals surface area (Å²) in [4.78, 5) is 10.00. The standard InChI is InChI=1S/C57H33N3/c58-34-35-18-20-37(21-19-35)51-33-52(60-57(59-51)42-8-2-1-3-9-42)38-24-22-36(23-25-38)43-13-4-14-44(30-43)46-31-45-29-28-41-11-6-16-48-47-15-5-10-39-26-27-40-12-7-17-49(55(40)53(39)47)50(32-46)56(45)54(41)48/h1-33H. The van der Waals surface area contributed by atoms with Crippen molar-refractivity contribution in [1.82, 2.24) is 9.97 Å². The highest BCUT2D eigenvalue weighted by Gasteiger charge is 2.17. The molecule has 0 amide bonds. The molecule has 12 rings (SSSR count). The normalized spacial score (nSPS) is 11.7. The number of fused-ring (bicyclic) bond motifs is 2. The second kappa shape index (κ2) is 13.5. The quantitative estimate of drug-likeness (QED) is 0.164. The van der Waals surface area contributed by atoms with Crippen molar-refractivity contribution in [2.24, 2.45) is 0 Å². The molecule has 0 aliphatic carbocycles. The lowest BCUT2D eigenvalue weighted by atomic mass is 9.86. The molecule has 0 saturated carbocycles. The van der Waals surface area contributed by atoms with E-state index in [0.717, 1.165) is 39.2 Å². The number of benzene rings is 10. The van der Waals surface area contributed by atoms with Crippen molar-refractivity contribution in [2.45, 2.75) is 0 Å². The molecule has 3 heteroatoms. The van der Waals surface area contributed by atoms with Crippen molar-refractivity contribution < 1.29 is 0 Å². The molecule has 3 nitrogen and oxygen atoms in total. The SMILES string of the molecule is N#Cc1ccc(-c2cc(-c3ccc(-c4cccc(-c5cc6ccc7cccc8c9cccc%10ccc%11cccc(c(c5)c6c78)c%11c%109)c4)cc3)nc(-c3ccccc3)n2)cc1. The molecule has 60 heavy (non-hydrogen) atoms. The molecule has 0 saturated heterocycles. The Morgan fingerprint density at radius 1 is 0.300 bits per heavy atom. The molecule has 12 aromatic rings. The summed E-state index contributed by atoms with van der Waals surface area (Å²) < 4.78 is 0. The fourth-order valence-corrected chi connectivity index (χ4v) is 9.34. The minimum absolute atomic E-state index is 0.617. The summed E-state index contributed by atoms with van der Waals surface area (Å²) in [5.41, 5.74) is 9.79. The Morgan fingerprint density at radius 2 is 0.767 bits per heavy atom. The van der Waals surface area contributed by atoms with Crippen LogP contribution < -0.4 is 0 Å². The zero-order valence-electron chi connectivity index (χ0n) is 32.4. The fraction of sp³-hybridized carbons (Fsp3) is 0. The average Bonchev–Trinajstić information content (AvgIpc) is 3.32. The van der Waals surface area contributed by atoms with E-state index in [1.165, 1.54) is 75.8 Å². The van der Waals surface area contributed by atoms with Gasteiger partial charge >= 0.3 is 0 Å². The number of hydrogen-bond acceptors (Lipinski definition) is 3. The number of aromatic nitrogens is 2. The van der Waals surface area contributed by atoms with Crippen LogP contribution in [0.2, 0.25) is 0 Å². The number of nitrogens with zero attached hydrogens (tertiary/aromatic N) is 3. The van der Waals surface area contributed by atoms with Crippen molar-refractivity contribution in [3.63, 3.8) is 0 Å².